The van der Waals surface area contributed by atoms with Gasteiger partial charge in [-0.3, -0.25) is 4.79 Å². The second-order valence-electron chi connectivity index (χ2n) is 5.34. The van der Waals surface area contributed by atoms with E-state index in [1.165, 1.54) is 5.57 Å². The number of aliphatic carboxylic acids is 1. The van der Waals surface area contributed by atoms with Crippen LogP contribution in [0.4, 0.5) is 4.79 Å². The maximum absolute atomic E-state index is 11.9. The molecule has 0 aromatic heterocycles. The summed E-state index contributed by atoms with van der Waals surface area (Å²) in [6.07, 6.45) is 2.78. The summed E-state index contributed by atoms with van der Waals surface area (Å²) >= 11 is 0. The molecule has 1 aliphatic rings. The topological polar surface area (TPSA) is 78.9 Å². The van der Waals surface area contributed by atoms with E-state index in [1.807, 2.05) is 6.08 Å². The van der Waals surface area contributed by atoms with Crippen LogP contribution in [-0.2, 0) is 9.53 Å². The number of rotatable bonds is 5. The van der Waals surface area contributed by atoms with Gasteiger partial charge in [-0.25, -0.2) is 4.79 Å². The number of methoxy groups -OCH3 is 1. The van der Waals surface area contributed by atoms with Gasteiger partial charge in [0.05, 0.1) is 12.0 Å². The number of nitrogens with zero attached hydrogens (tertiary/aromatic N) is 1. The van der Waals surface area contributed by atoms with Crippen LogP contribution in [0, 0.1) is 5.41 Å². The quantitative estimate of drug-likeness (QED) is 0.733. The number of carbonyl (C=O) groups is 2. The molecule has 0 aliphatic carbocycles. The first-order valence-electron chi connectivity index (χ1n) is 6.30. The van der Waals surface area contributed by atoms with Crippen molar-refractivity contribution in [2.75, 3.05) is 33.4 Å². The molecule has 1 rings (SSSR count). The summed E-state index contributed by atoms with van der Waals surface area (Å²) in [6.45, 7) is 5.06. The van der Waals surface area contributed by atoms with E-state index >= 15 is 0 Å². The minimum Gasteiger partial charge on any atom is -0.481 e. The van der Waals surface area contributed by atoms with Crippen molar-refractivity contribution in [1.29, 1.82) is 0 Å². The smallest absolute Gasteiger partial charge is 0.317 e. The molecule has 0 aromatic carbocycles. The van der Waals surface area contributed by atoms with Gasteiger partial charge in [-0.1, -0.05) is 6.08 Å². The normalized spacial score (nSPS) is 15.9. The van der Waals surface area contributed by atoms with Crippen LogP contribution in [0.25, 0.3) is 0 Å². The Hall–Kier alpha value is -1.56. The lowest BCUT2D eigenvalue weighted by Gasteiger charge is -2.28. The van der Waals surface area contributed by atoms with Crippen LogP contribution in [0.15, 0.2) is 11.6 Å². The summed E-state index contributed by atoms with van der Waals surface area (Å²) in [6, 6.07) is -0.220. The highest BCUT2D eigenvalue weighted by Crippen LogP contribution is 2.14. The first-order chi connectivity index (χ1) is 8.86. The van der Waals surface area contributed by atoms with Gasteiger partial charge >= 0.3 is 12.0 Å². The minimum absolute atomic E-state index is 0.117. The van der Waals surface area contributed by atoms with Crippen molar-refractivity contribution in [3.05, 3.63) is 11.6 Å². The Balaban J connectivity index is 2.42. The zero-order valence-corrected chi connectivity index (χ0v) is 11.7. The second kappa shape index (κ2) is 6.56. The third-order valence-corrected chi connectivity index (χ3v) is 3.18. The number of hydrogen-bond donors (Lipinski definition) is 2. The first-order valence-corrected chi connectivity index (χ1v) is 6.30. The molecule has 1 aliphatic heterocycles. The molecule has 0 aromatic rings. The maximum Gasteiger partial charge on any atom is 0.317 e. The van der Waals surface area contributed by atoms with Crippen molar-refractivity contribution in [3.8, 4) is 0 Å². The Morgan fingerprint density at radius 3 is 2.68 bits per heavy atom. The fourth-order valence-corrected chi connectivity index (χ4v) is 1.70. The molecule has 19 heavy (non-hydrogen) atoms. The highest BCUT2D eigenvalue weighted by Gasteiger charge is 2.28. The van der Waals surface area contributed by atoms with E-state index in [0.717, 1.165) is 6.42 Å². The van der Waals surface area contributed by atoms with E-state index in [-0.39, 0.29) is 12.6 Å². The summed E-state index contributed by atoms with van der Waals surface area (Å²) < 4.78 is 5.04. The zero-order chi connectivity index (χ0) is 14.5. The predicted octanol–water partition coefficient (Wildman–Crippen LogP) is 1.09. The summed E-state index contributed by atoms with van der Waals surface area (Å²) in [7, 11) is 1.65. The lowest BCUT2D eigenvalue weighted by molar-refractivity contribution is -0.146. The fourth-order valence-electron chi connectivity index (χ4n) is 1.70. The number of ether oxygens (including phenoxy) is 1. The molecule has 108 valence electrons. The molecule has 6 nitrogen and oxygen atoms in total. The SMILES string of the molecule is COCC1=CCN(C(=O)NCC(C)(C)C(=O)O)CC1. The summed E-state index contributed by atoms with van der Waals surface area (Å²) in [4.78, 5) is 24.5. The van der Waals surface area contributed by atoms with E-state index in [4.69, 9.17) is 9.84 Å². The number of carboxylic acids is 1. The Labute approximate surface area is 113 Å². The van der Waals surface area contributed by atoms with Crippen molar-refractivity contribution in [2.45, 2.75) is 20.3 Å². The van der Waals surface area contributed by atoms with Gasteiger partial charge in [0.15, 0.2) is 0 Å². The van der Waals surface area contributed by atoms with E-state index < -0.39 is 11.4 Å². The summed E-state index contributed by atoms with van der Waals surface area (Å²) in [5.41, 5.74) is 0.236. The van der Waals surface area contributed by atoms with Gasteiger partial charge in [0, 0.05) is 26.7 Å². The van der Waals surface area contributed by atoms with Crippen molar-refractivity contribution in [3.63, 3.8) is 0 Å². The summed E-state index contributed by atoms with van der Waals surface area (Å²) in [5.74, 6) is -0.922. The van der Waals surface area contributed by atoms with Crippen LogP contribution in [0.5, 0.6) is 0 Å². The lowest BCUT2D eigenvalue weighted by atomic mass is 9.94. The third kappa shape index (κ3) is 4.55. The van der Waals surface area contributed by atoms with Crippen LogP contribution in [-0.4, -0.2) is 55.4 Å². The second-order valence-corrected chi connectivity index (χ2v) is 5.34. The van der Waals surface area contributed by atoms with Gasteiger partial charge in [0.2, 0.25) is 0 Å². The molecular weight excluding hydrogens is 248 g/mol. The van der Waals surface area contributed by atoms with E-state index in [0.29, 0.717) is 19.7 Å². The molecule has 0 spiro atoms. The van der Waals surface area contributed by atoms with Gasteiger partial charge in [-0.05, 0) is 25.8 Å². The molecule has 1 heterocycles. The van der Waals surface area contributed by atoms with Gasteiger partial charge in [-0.15, -0.1) is 0 Å². The molecule has 0 unspecified atom stereocenters. The third-order valence-electron chi connectivity index (χ3n) is 3.18. The van der Waals surface area contributed by atoms with Crippen molar-refractivity contribution >= 4 is 12.0 Å². The van der Waals surface area contributed by atoms with E-state index in [1.54, 1.807) is 25.9 Å². The monoisotopic (exact) mass is 270 g/mol. The molecule has 0 atom stereocenters. The highest BCUT2D eigenvalue weighted by atomic mass is 16.5. The predicted molar refractivity (Wildman–Crippen MR) is 71.0 cm³/mol. The van der Waals surface area contributed by atoms with Crippen LogP contribution in [0.1, 0.15) is 20.3 Å². The maximum atomic E-state index is 11.9. The molecule has 0 saturated carbocycles. The van der Waals surface area contributed by atoms with Crippen LogP contribution >= 0.6 is 0 Å². The largest absolute Gasteiger partial charge is 0.481 e. The first kappa shape index (κ1) is 15.5. The molecule has 0 radical (unpaired) electrons. The minimum atomic E-state index is -0.956. The van der Waals surface area contributed by atoms with Crippen LogP contribution < -0.4 is 5.32 Å². The van der Waals surface area contributed by atoms with Crippen LogP contribution in [0.3, 0.4) is 0 Å². The molecule has 2 N–H and O–H groups in total. The Kier molecular flexibility index (Phi) is 5.35. The van der Waals surface area contributed by atoms with Crippen molar-refractivity contribution in [1.82, 2.24) is 10.2 Å². The standard InChI is InChI=1S/C13H22N2O4/c1-13(2,11(16)17)9-14-12(18)15-6-4-10(5-7-15)8-19-3/h4H,5-9H2,1-3H3,(H,14,18)(H,16,17). The van der Waals surface area contributed by atoms with Gasteiger partial charge in [0.25, 0.3) is 0 Å². The number of hydrogen-bond acceptors (Lipinski definition) is 3. The van der Waals surface area contributed by atoms with Gasteiger partial charge in [0.1, 0.15) is 0 Å². The number of carbonyl (C=O) groups excluding carboxylic acids is 1. The Morgan fingerprint density at radius 1 is 1.53 bits per heavy atom. The average molecular weight is 270 g/mol. The highest BCUT2D eigenvalue weighted by molar-refractivity contribution is 5.77. The number of urea groups is 1. The fraction of sp³-hybridized carbons (Fsp3) is 0.692. The Bertz CT molecular complexity index is 377. The molecule has 2 amide bonds. The number of amides is 2. The van der Waals surface area contributed by atoms with Crippen molar-refractivity contribution in [2.24, 2.45) is 5.41 Å². The molecule has 0 fully saturated rings. The van der Waals surface area contributed by atoms with Gasteiger partial charge in [-0.2, -0.15) is 0 Å². The zero-order valence-electron chi connectivity index (χ0n) is 11.7. The molecule has 6 heteroatoms. The van der Waals surface area contributed by atoms with E-state index in [2.05, 4.69) is 5.32 Å². The van der Waals surface area contributed by atoms with Crippen molar-refractivity contribution < 1.29 is 19.4 Å². The number of carboxylic acid groups (broad SMARTS) is 1. The average Bonchev–Trinajstić information content (AvgIpc) is 2.37. The molecule has 0 bridgehead atoms. The lowest BCUT2D eigenvalue weighted by Crippen LogP contribution is -2.46. The van der Waals surface area contributed by atoms with Gasteiger partial charge < -0.3 is 20.1 Å². The molecular formula is C13H22N2O4. The van der Waals surface area contributed by atoms with Crippen LogP contribution in [0.2, 0.25) is 0 Å². The number of nitrogens with one attached hydrogen (secondary N) is 1. The summed E-state index contributed by atoms with van der Waals surface area (Å²) in [5, 5.41) is 11.6. The molecule has 0 saturated heterocycles. The van der Waals surface area contributed by atoms with E-state index in [9.17, 15) is 9.59 Å². The Morgan fingerprint density at radius 2 is 2.21 bits per heavy atom.